The maximum Gasteiger partial charge on any atom is 0.141 e. The molecule has 86 valence electrons. The molecule has 0 amide bonds. The Hall–Kier alpha value is -2.80. The van der Waals surface area contributed by atoms with Crippen molar-refractivity contribution in [2.45, 2.75) is 0 Å². The molecule has 18 heavy (non-hydrogen) atoms. The third kappa shape index (κ3) is 1.78. The van der Waals surface area contributed by atoms with Crippen LogP contribution in [0.4, 0.5) is 0 Å². The second-order valence-electron chi connectivity index (χ2n) is 3.76. The Morgan fingerprint density at radius 2 is 1.94 bits per heavy atom. The summed E-state index contributed by atoms with van der Waals surface area (Å²) in [6.45, 7) is 0. The van der Waals surface area contributed by atoms with Gasteiger partial charge in [-0.15, -0.1) is 0 Å². The monoisotopic (exact) mass is 235 g/mol. The lowest BCUT2D eigenvalue weighted by Crippen LogP contribution is -1.93. The van der Waals surface area contributed by atoms with Gasteiger partial charge in [-0.2, -0.15) is 5.26 Å². The molecular formula is C14H9N3O. The van der Waals surface area contributed by atoms with E-state index in [1.165, 1.54) is 0 Å². The number of nitriles is 1. The van der Waals surface area contributed by atoms with E-state index in [1.807, 2.05) is 30.3 Å². The van der Waals surface area contributed by atoms with Crippen LogP contribution < -0.4 is 4.74 Å². The van der Waals surface area contributed by atoms with Gasteiger partial charge in [-0.25, -0.2) is 4.98 Å². The van der Waals surface area contributed by atoms with Gasteiger partial charge < -0.3 is 4.74 Å². The predicted octanol–water partition coefficient (Wildman–Crippen LogP) is 3.00. The predicted molar refractivity (Wildman–Crippen MR) is 66.4 cm³/mol. The summed E-state index contributed by atoms with van der Waals surface area (Å²) < 4.78 is 7.41. The van der Waals surface area contributed by atoms with Gasteiger partial charge in [0.25, 0.3) is 0 Å². The van der Waals surface area contributed by atoms with Gasteiger partial charge in [0, 0.05) is 24.5 Å². The van der Waals surface area contributed by atoms with Gasteiger partial charge in [0.05, 0.1) is 0 Å². The minimum Gasteiger partial charge on any atom is -0.457 e. The highest BCUT2D eigenvalue weighted by molar-refractivity contribution is 5.50. The van der Waals surface area contributed by atoms with Gasteiger partial charge in [0.2, 0.25) is 0 Å². The van der Waals surface area contributed by atoms with Crippen LogP contribution in [0, 0.1) is 11.3 Å². The molecule has 0 N–H and O–H groups in total. The molecule has 0 spiro atoms. The highest BCUT2D eigenvalue weighted by Crippen LogP contribution is 2.23. The van der Waals surface area contributed by atoms with Crippen LogP contribution in [0.3, 0.4) is 0 Å². The maximum atomic E-state index is 9.09. The smallest absolute Gasteiger partial charge is 0.141 e. The third-order valence-electron chi connectivity index (χ3n) is 2.57. The number of hydrogen-bond donors (Lipinski definition) is 0. The van der Waals surface area contributed by atoms with E-state index in [-0.39, 0.29) is 0 Å². The molecule has 0 saturated carbocycles. The lowest BCUT2D eigenvalue weighted by atomic mass is 10.3. The zero-order chi connectivity index (χ0) is 12.4. The number of benzene rings is 1. The Bertz CT molecular complexity index is 726. The Morgan fingerprint density at radius 3 is 2.72 bits per heavy atom. The lowest BCUT2D eigenvalue weighted by Gasteiger charge is -2.06. The van der Waals surface area contributed by atoms with Crippen molar-refractivity contribution in [3.8, 4) is 17.6 Å². The van der Waals surface area contributed by atoms with E-state index >= 15 is 0 Å². The number of nitrogens with zero attached hydrogens (tertiary/aromatic N) is 3. The first-order valence-corrected chi connectivity index (χ1v) is 5.47. The first-order chi connectivity index (χ1) is 8.86. The van der Waals surface area contributed by atoms with Gasteiger partial charge in [-0.05, 0) is 12.1 Å². The van der Waals surface area contributed by atoms with Gasteiger partial charge in [0.15, 0.2) is 0 Å². The normalized spacial score (nSPS) is 10.2. The van der Waals surface area contributed by atoms with Crippen molar-refractivity contribution in [2.24, 2.45) is 0 Å². The van der Waals surface area contributed by atoms with Crippen LogP contribution >= 0.6 is 0 Å². The topological polar surface area (TPSA) is 50.3 Å². The summed E-state index contributed by atoms with van der Waals surface area (Å²) in [5, 5.41) is 9.09. The standard InChI is InChI=1S/C14H9N3O/c15-10-11-8-13(9-14-16-6-7-17(11)14)18-12-4-2-1-3-5-12/h1-9H. The lowest BCUT2D eigenvalue weighted by molar-refractivity contribution is 0.482. The summed E-state index contributed by atoms with van der Waals surface area (Å²) in [7, 11) is 0. The largest absolute Gasteiger partial charge is 0.457 e. The van der Waals surface area contributed by atoms with Crippen molar-refractivity contribution in [3.05, 3.63) is 60.6 Å². The Kier molecular flexibility index (Phi) is 2.43. The highest BCUT2D eigenvalue weighted by Gasteiger charge is 2.05. The van der Waals surface area contributed by atoms with Crippen LogP contribution in [0.25, 0.3) is 5.65 Å². The molecule has 0 bridgehead atoms. The maximum absolute atomic E-state index is 9.09. The number of rotatable bonds is 2. The molecule has 4 nitrogen and oxygen atoms in total. The molecule has 0 fully saturated rings. The molecule has 3 rings (SSSR count). The van der Waals surface area contributed by atoms with Gasteiger partial charge >= 0.3 is 0 Å². The molecule has 3 aromatic rings. The first kappa shape index (κ1) is 10.4. The fraction of sp³-hybridized carbons (Fsp3) is 0. The summed E-state index contributed by atoms with van der Waals surface area (Å²) >= 11 is 0. The zero-order valence-electron chi connectivity index (χ0n) is 9.45. The summed E-state index contributed by atoms with van der Waals surface area (Å²) in [6.07, 6.45) is 3.41. The first-order valence-electron chi connectivity index (χ1n) is 5.47. The number of ether oxygens (including phenoxy) is 1. The van der Waals surface area contributed by atoms with Crippen molar-refractivity contribution in [1.29, 1.82) is 5.26 Å². The van der Waals surface area contributed by atoms with E-state index in [4.69, 9.17) is 10.00 Å². The molecule has 0 aliphatic carbocycles. The van der Waals surface area contributed by atoms with Crippen LogP contribution in [-0.4, -0.2) is 9.38 Å². The fourth-order valence-corrected chi connectivity index (χ4v) is 1.77. The van der Waals surface area contributed by atoms with Crippen molar-refractivity contribution in [3.63, 3.8) is 0 Å². The average Bonchev–Trinajstić information content (AvgIpc) is 2.87. The van der Waals surface area contributed by atoms with Gasteiger partial charge in [-0.1, -0.05) is 18.2 Å². The molecule has 0 saturated heterocycles. The van der Waals surface area contributed by atoms with Crippen LogP contribution in [-0.2, 0) is 0 Å². The van der Waals surface area contributed by atoms with Crippen LogP contribution in [0.15, 0.2) is 54.9 Å². The van der Waals surface area contributed by atoms with E-state index in [0.717, 1.165) is 5.75 Å². The van der Waals surface area contributed by atoms with E-state index in [2.05, 4.69) is 11.1 Å². The van der Waals surface area contributed by atoms with Crippen LogP contribution in [0.5, 0.6) is 11.5 Å². The number of hydrogen-bond acceptors (Lipinski definition) is 3. The molecule has 2 heterocycles. The molecule has 1 aromatic carbocycles. The number of fused-ring (bicyclic) bond motifs is 1. The number of para-hydroxylation sites is 1. The summed E-state index contributed by atoms with van der Waals surface area (Å²) in [5.41, 5.74) is 1.19. The number of imidazole rings is 1. The molecule has 0 aliphatic heterocycles. The van der Waals surface area contributed by atoms with Crippen molar-refractivity contribution >= 4 is 5.65 Å². The molecule has 0 radical (unpaired) electrons. The number of aromatic nitrogens is 2. The molecule has 0 unspecified atom stereocenters. The number of pyridine rings is 1. The van der Waals surface area contributed by atoms with Crippen molar-refractivity contribution < 1.29 is 4.74 Å². The molecule has 0 aliphatic rings. The SMILES string of the molecule is N#Cc1cc(Oc2ccccc2)cc2nccn12. The van der Waals surface area contributed by atoms with E-state index < -0.39 is 0 Å². The minimum atomic E-state index is 0.496. The van der Waals surface area contributed by atoms with E-state index in [9.17, 15) is 0 Å². The van der Waals surface area contributed by atoms with E-state index in [0.29, 0.717) is 17.1 Å². The van der Waals surface area contributed by atoms with Crippen LogP contribution in [0.1, 0.15) is 5.69 Å². The highest BCUT2D eigenvalue weighted by atomic mass is 16.5. The summed E-state index contributed by atoms with van der Waals surface area (Å²) in [5.74, 6) is 1.34. The second-order valence-corrected chi connectivity index (χ2v) is 3.76. The molecule has 4 heteroatoms. The van der Waals surface area contributed by atoms with Gasteiger partial charge in [0.1, 0.15) is 28.9 Å². The molecule has 0 atom stereocenters. The second kappa shape index (κ2) is 4.22. The van der Waals surface area contributed by atoms with Gasteiger partial charge in [-0.3, -0.25) is 4.40 Å². The Labute approximate surface area is 104 Å². The Balaban J connectivity index is 2.05. The third-order valence-corrected chi connectivity index (χ3v) is 2.57. The summed E-state index contributed by atoms with van der Waals surface area (Å²) in [6, 6.07) is 15.1. The fourth-order valence-electron chi connectivity index (χ4n) is 1.77. The zero-order valence-corrected chi connectivity index (χ0v) is 9.45. The summed E-state index contributed by atoms with van der Waals surface area (Å²) in [4.78, 5) is 4.16. The minimum absolute atomic E-state index is 0.496. The Morgan fingerprint density at radius 1 is 1.11 bits per heavy atom. The van der Waals surface area contributed by atoms with Crippen molar-refractivity contribution in [1.82, 2.24) is 9.38 Å². The van der Waals surface area contributed by atoms with E-state index in [1.54, 1.807) is 28.9 Å². The quantitative estimate of drug-likeness (QED) is 0.686. The van der Waals surface area contributed by atoms with Crippen molar-refractivity contribution in [2.75, 3.05) is 0 Å². The average molecular weight is 235 g/mol. The van der Waals surface area contributed by atoms with Crippen LogP contribution in [0.2, 0.25) is 0 Å². The molecule has 2 aromatic heterocycles. The molecular weight excluding hydrogens is 226 g/mol.